The van der Waals surface area contributed by atoms with Crippen LogP contribution in [0.1, 0.15) is 37.4 Å². The minimum Gasteiger partial charge on any atom is -0.494 e. The van der Waals surface area contributed by atoms with Crippen molar-refractivity contribution in [2.45, 2.75) is 25.4 Å². The minimum atomic E-state index is -0.692. The van der Waals surface area contributed by atoms with Gasteiger partial charge in [-0.3, -0.25) is 24.7 Å². The molecule has 3 heterocycles. The summed E-state index contributed by atoms with van der Waals surface area (Å²) < 4.78 is 5.03. The average Bonchev–Trinajstić information content (AvgIpc) is 3.04. The number of carbonyl (C=O) groups is 3. The van der Waals surface area contributed by atoms with E-state index in [0.717, 1.165) is 11.1 Å². The van der Waals surface area contributed by atoms with Crippen LogP contribution in [0.3, 0.4) is 0 Å². The fraction of sp³-hybridized carbons (Fsp3) is 0.172. The molecule has 1 aliphatic rings. The average molecular weight is 542 g/mol. The van der Waals surface area contributed by atoms with Gasteiger partial charge in [0.1, 0.15) is 0 Å². The van der Waals surface area contributed by atoms with Gasteiger partial charge in [-0.15, -0.1) is 0 Å². The first kappa shape index (κ1) is 26.0. The number of carbonyl (C=O) groups excluding carboxylic acids is 3. The molecule has 0 fully saturated rings. The third kappa shape index (κ3) is 5.94. The van der Waals surface area contributed by atoms with Crippen LogP contribution in [-0.4, -0.2) is 50.6 Å². The summed E-state index contributed by atoms with van der Waals surface area (Å²) >= 11 is 6.17. The molecule has 2 aromatic carbocycles. The van der Waals surface area contributed by atoms with Crippen LogP contribution < -0.4 is 10.1 Å². The van der Waals surface area contributed by atoms with Gasteiger partial charge in [-0.2, -0.15) is 0 Å². The zero-order chi connectivity index (χ0) is 27.4. The maximum absolute atomic E-state index is 13.8. The van der Waals surface area contributed by atoms with E-state index in [1.54, 1.807) is 65.8 Å². The fourth-order valence-electron chi connectivity index (χ4n) is 4.46. The van der Waals surface area contributed by atoms with Crippen molar-refractivity contribution in [3.63, 3.8) is 0 Å². The number of methoxy groups -OCH3 is 1. The summed E-state index contributed by atoms with van der Waals surface area (Å²) in [4.78, 5) is 53.7. The Morgan fingerprint density at radius 1 is 1.05 bits per heavy atom. The number of Topliss-reactive ketones (excluding diaryl/α,β-unsaturated/α-hetero) is 1. The number of anilines is 1. The van der Waals surface area contributed by atoms with E-state index in [1.165, 1.54) is 19.5 Å². The van der Waals surface area contributed by atoms with Crippen LogP contribution in [0.15, 0.2) is 79.4 Å². The van der Waals surface area contributed by atoms with Gasteiger partial charge in [-0.05, 0) is 53.1 Å². The Morgan fingerprint density at radius 3 is 2.51 bits per heavy atom. The van der Waals surface area contributed by atoms with Crippen molar-refractivity contribution in [1.29, 1.82) is 0 Å². The van der Waals surface area contributed by atoms with E-state index in [4.69, 9.17) is 16.3 Å². The second-order valence-electron chi connectivity index (χ2n) is 9.06. The lowest BCUT2D eigenvalue weighted by molar-refractivity contribution is -0.122. The highest BCUT2D eigenvalue weighted by atomic mass is 35.5. The van der Waals surface area contributed by atoms with Crippen molar-refractivity contribution in [2.75, 3.05) is 12.4 Å². The molecule has 1 aliphatic heterocycles. The minimum absolute atomic E-state index is 0.0799. The monoisotopic (exact) mass is 541 g/mol. The number of pyridine rings is 1. The van der Waals surface area contributed by atoms with Crippen molar-refractivity contribution in [2.24, 2.45) is 0 Å². The molecule has 0 aliphatic carbocycles. The molecule has 1 N–H and O–H groups in total. The molecule has 10 heteroatoms. The van der Waals surface area contributed by atoms with E-state index in [2.05, 4.69) is 20.3 Å². The smallest absolute Gasteiger partial charge is 0.258 e. The molecule has 196 valence electrons. The Kier molecular flexibility index (Phi) is 7.60. The number of benzene rings is 2. The van der Waals surface area contributed by atoms with Crippen LogP contribution in [0.25, 0.3) is 0 Å². The molecule has 0 saturated heterocycles. The molecule has 0 bridgehead atoms. The second-order valence-corrected chi connectivity index (χ2v) is 9.49. The van der Waals surface area contributed by atoms with Crippen molar-refractivity contribution in [3.05, 3.63) is 112 Å². The molecule has 39 heavy (non-hydrogen) atoms. The van der Waals surface area contributed by atoms with Gasteiger partial charge in [0.2, 0.25) is 5.95 Å². The SMILES string of the molecule is COc1cnc(NC(=O)c2ccc(CN3C(=O)c4ccc(Cl)cc4CC(=O)[C@H]3Cc3cccnc3)cc2)nc1. The van der Waals surface area contributed by atoms with Crippen molar-refractivity contribution in [3.8, 4) is 5.75 Å². The Morgan fingerprint density at radius 2 is 1.82 bits per heavy atom. The molecule has 9 nitrogen and oxygen atoms in total. The van der Waals surface area contributed by atoms with Crippen LogP contribution in [-0.2, 0) is 24.2 Å². The number of fused-ring (bicyclic) bond motifs is 1. The van der Waals surface area contributed by atoms with Crippen molar-refractivity contribution < 1.29 is 19.1 Å². The summed E-state index contributed by atoms with van der Waals surface area (Å²) in [5, 5.41) is 3.11. The maximum Gasteiger partial charge on any atom is 0.258 e. The van der Waals surface area contributed by atoms with Crippen LogP contribution in [0.5, 0.6) is 5.75 Å². The summed E-state index contributed by atoms with van der Waals surface area (Å²) in [6.45, 7) is 0.182. The number of nitrogens with zero attached hydrogens (tertiary/aromatic N) is 4. The topological polar surface area (TPSA) is 114 Å². The first-order chi connectivity index (χ1) is 18.9. The number of aromatic nitrogens is 3. The summed E-state index contributed by atoms with van der Waals surface area (Å²) in [7, 11) is 1.50. The Bertz CT molecular complexity index is 1510. The molecule has 0 radical (unpaired) electrons. The summed E-state index contributed by atoms with van der Waals surface area (Å²) in [5.41, 5.74) is 3.08. The predicted molar refractivity (Wildman–Crippen MR) is 145 cm³/mol. The van der Waals surface area contributed by atoms with Gasteiger partial charge in [-0.25, -0.2) is 9.97 Å². The molecular weight excluding hydrogens is 518 g/mol. The van der Waals surface area contributed by atoms with Gasteiger partial charge < -0.3 is 9.64 Å². The second kappa shape index (κ2) is 11.4. The first-order valence-electron chi connectivity index (χ1n) is 12.2. The molecule has 0 unspecified atom stereocenters. The lowest BCUT2D eigenvalue weighted by Gasteiger charge is -2.29. The summed E-state index contributed by atoms with van der Waals surface area (Å²) in [6.07, 6.45) is 6.72. The van der Waals surface area contributed by atoms with E-state index >= 15 is 0 Å². The van der Waals surface area contributed by atoms with E-state index in [9.17, 15) is 14.4 Å². The third-order valence-electron chi connectivity index (χ3n) is 6.48. The lowest BCUT2D eigenvalue weighted by atomic mass is 9.98. The zero-order valence-electron chi connectivity index (χ0n) is 21.0. The number of halogens is 1. The Labute approximate surface area is 229 Å². The molecule has 0 spiro atoms. The van der Waals surface area contributed by atoms with E-state index in [1.807, 2.05) is 6.07 Å². The van der Waals surface area contributed by atoms with Crippen LogP contribution in [0.4, 0.5) is 5.95 Å². The van der Waals surface area contributed by atoms with E-state index in [-0.39, 0.29) is 36.5 Å². The standard InChI is InChI=1S/C29H24ClN5O4/c1-39-23-15-32-29(33-16-23)34-27(37)20-6-4-18(5-7-20)17-35-25(11-19-3-2-10-31-14-19)26(36)13-21-12-22(30)8-9-24(21)28(35)38/h2-10,12,14-16,25H,11,13,17H2,1H3,(H,32,33,34,37)/t25-/m1/s1. The van der Waals surface area contributed by atoms with E-state index < -0.39 is 6.04 Å². The van der Waals surface area contributed by atoms with Crippen molar-refractivity contribution >= 4 is 35.1 Å². The van der Waals surface area contributed by atoms with Gasteiger partial charge >= 0.3 is 0 Å². The molecule has 2 amide bonds. The van der Waals surface area contributed by atoms with Gasteiger partial charge in [0.15, 0.2) is 11.5 Å². The quantitative estimate of drug-likeness (QED) is 0.373. The number of ketones is 1. The number of amides is 2. The largest absolute Gasteiger partial charge is 0.494 e. The molecule has 4 aromatic rings. The molecule has 0 saturated carbocycles. The highest BCUT2D eigenvalue weighted by Gasteiger charge is 2.35. The number of ether oxygens (including phenoxy) is 1. The van der Waals surface area contributed by atoms with Crippen LogP contribution in [0, 0.1) is 0 Å². The number of rotatable bonds is 7. The molecule has 1 atom stereocenters. The number of nitrogens with one attached hydrogen (secondary N) is 1. The molecule has 5 rings (SSSR count). The number of hydrogen-bond donors (Lipinski definition) is 1. The van der Waals surface area contributed by atoms with Gasteiger partial charge in [-0.1, -0.05) is 29.8 Å². The number of hydrogen-bond acceptors (Lipinski definition) is 7. The van der Waals surface area contributed by atoms with E-state index in [0.29, 0.717) is 33.9 Å². The van der Waals surface area contributed by atoms with Gasteiger partial charge in [0, 0.05) is 47.9 Å². The fourth-order valence-corrected chi connectivity index (χ4v) is 4.65. The van der Waals surface area contributed by atoms with Gasteiger partial charge in [0.25, 0.3) is 11.8 Å². The lowest BCUT2D eigenvalue weighted by Crippen LogP contribution is -2.44. The highest BCUT2D eigenvalue weighted by molar-refractivity contribution is 6.30. The van der Waals surface area contributed by atoms with Crippen LogP contribution >= 0.6 is 11.6 Å². The third-order valence-corrected chi connectivity index (χ3v) is 6.72. The molecule has 2 aromatic heterocycles. The van der Waals surface area contributed by atoms with Crippen LogP contribution in [0.2, 0.25) is 5.02 Å². The van der Waals surface area contributed by atoms with Crippen molar-refractivity contribution in [1.82, 2.24) is 19.9 Å². The normalized spacial score (nSPS) is 14.9. The first-order valence-corrected chi connectivity index (χ1v) is 12.6. The Balaban J connectivity index is 1.39. The Hall–Kier alpha value is -4.63. The van der Waals surface area contributed by atoms with Gasteiger partial charge in [0.05, 0.1) is 25.5 Å². The summed E-state index contributed by atoms with van der Waals surface area (Å²) in [5.74, 6) is -0.0846. The highest BCUT2D eigenvalue weighted by Crippen LogP contribution is 2.27. The summed E-state index contributed by atoms with van der Waals surface area (Å²) in [6, 6.07) is 14.8. The zero-order valence-corrected chi connectivity index (χ0v) is 21.8. The maximum atomic E-state index is 13.8. The predicted octanol–water partition coefficient (Wildman–Crippen LogP) is 4.16. The molecular formula is C29H24ClN5O4.